The van der Waals surface area contributed by atoms with Gasteiger partial charge in [-0.1, -0.05) is 32.9 Å². The number of nitrogens with zero attached hydrogens (tertiary/aromatic N) is 7. The number of carbonyl (C=O) groups is 12. The van der Waals surface area contributed by atoms with Crippen molar-refractivity contribution in [3.63, 3.8) is 0 Å². The van der Waals surface area contributed by atoms with Gasteiger partial charge in [0, 0.05) is 95.0 Å². The van der Waals surface area contributed by atoms with Crippen molar-refractivity contribution >= 4 is 87.7 Å². The lowest BCUT2D eigenvalue weighted by Gasteiger charge is -2.31. The van der Waals surface area contributed by atoms with E-state index in [1.807, 2.05) is 0 Å². The fourth-order valence-corrected chi connectivity index (χ4v) is 11.6. The third-order valence-corrected chi connectivity index (χ3v) is 17.4. The highest BCUT2D eigenvalue weighted by atomic mass is 19.1. The number of esters is 1. The van der Waals surface area contributed by atoms with Crippen molar-refractivity contribution in [2.75, 3.05) is 72.8 Å². The highest BCUT2D eigenvalue weighted by molar-refractivity contribution is 6.13. The number of aliphatic hydroxyl groups is 1. The van der Waals surface area contributed by atoms with Gasteiger partial charge in [0.2, 0.25) is 47.3 Å². The average Bonchev–Trinajstić information content (AvgIpc) is 1.49. The van der Waals surface area contributed by atoms with Crippen LogP contribution in [-0.4, -0.2) is 190 Å². The summed E-state index contributed by atoms with van der Waals surface area (Å²) in [4.78, 5) is 179. The minimum atomic E-state index is -2.07. The molecule has 5 heterocycles. The molecule has 0 unspecified atom stereocenters. The first-order valence-electron chi connectivity index (χ1n) is 31.0. The Bertz CT molecular complexity index is 3810. The first kappa shape index (κ1) is 69.9. The van der Waals surface area contributed by atoms with Gasteiger partial charge in [-0.2, -0.15) is 0 Å². The number of hydrogen-bond donors (Lipinski definition) is 6. The van der Waals surface area contributed by atoms with Gasteiger partial charge in [0.1, 0.15) is 31.1 Å². The summed E-state index contributed by atoms with van der Waals surface area (Å²) in [7, 11) is 5.60. The van der Waals surface area contributed by atoms with E-state index < -0.39 is 113 Å². The Kier molecular flexibility index (Phi) is 22.2. The summed E-state index contributed by atoms with van der Waals surface area (Å²) in [6.45, 7) is 6.21. The van der Waals surface area contributed by atoms with Crippen LogP contribution in [0.2, 0.25) is 0 Å². The number of imide groups is 1. The molecule has 0 saturated carbocycles. The third kappa shape index (κ3) is 15.7. The molecule has 94 heavy (non-hydrogen) atoms. The fourth-order valence-electron chi connectivity index (χ4n) is 11.6. The lowest BCUT2D eigenvalue weighted by atomic mass is 9.81. The Labute approximate surface area is 540 Å². The van der Waals surface area contributed by atoms with Crippen molar-refractivity contribution in [3.05, 3.63) is 104 Å². The van der Waals surface area contributed by atoms with Crippen molar-refractivity contribution in [2.45, 2.75) is 129 Å². The predicted molar refractivity (Wildman–Crippen MR) is 336 cm³/mol. The number of fused-ring (bicyclic) bond motifs is 5. The molecule has 4 aromatic rings. The number of benzene rings is 2. The van der Waals surface area contributed by atoms with Gasteiger partial charge in [-0.25, -0.2) is 19.0 Å². The van der Waals surface area contributed by atoms with E-state index >= 15 is 4.39 Å². The first-order valence-corrected chi connectivity index (χ1v) is 31.0. The van der Waals surface area contributed by atoms with E-state index in [1.165, 1.54) is 50.6 Å². The standard InChI is InChI=1S/C65H79FN12O16/c1-10-65(92)43-26-48-59-41(28-78(48)62(89)42(43)34-93-63(65)90)57-45(21-20-40-36(4)44(66)27-47(69-59)56(40)57)71-64(91)94-33-38-16-18-39(19-17-38)68-60(87)46(70-61(88)58(35(2)3)72-49(80)15-13-25-77-51(82)22-23-52(77)83)14-11-12-24-67-50(81)29-74(7)54(85)31-76(9)55(86)32-75(8)53(84)30-73(6)37(5)79/h16-19,22-23,26-27,35,45-46,58,92H,10-15,20-21,24-25,28-34H2,1-9H3,(H,67,81)(H,68,87)(H,70,88)(H,71,91)(H,72,80)/t45-,46-,58-,65-/m0/s1. The van der Waals surface area contributed by atoms with Crippen LogP contribution >= 0.6 is 0 Å². The Morgan fingerprint density at radius 3 is 2.07 bits per heavy atom. The maximum absolute atomic E-state index is 15.5. The molecule has 6 N–H and O–H groups in total. The van der Waals surface area contributed by atoms with Crippen LogP contribution in [0.25, 0.3) is 22.3 Å². The molecule has 11 amide bonds. The Hall–Kier alpha value is -9.93. The van der Waals surface area contributed by atoms with E-state index in [0.717, 1.165) is 31.8 Å². The predicted octanol–water partition coefficient (Wildman–Crippen LogP) is 1.85. The van der Waals surface area contributed by atoms with E-state index in [1.54, 1.807) is 58.0 Å². The highest BCUT2D eigenvalue weighted by Gasteiger charge is 2.46. The molecular weight excluding hydrogens is 1220 g/mol. The van der Waals surface area contributed by atoms with E-state index in [4.69, 9.17) is 14.5 Å². The van der Waals surface area contributed by atoms with Crippen LogP contribution in [0, 0.1) is 18.7 Å². The minimum absolute atomic E-state index is 0.00957. The number of hydrogen-bond acceptors (Lipinski definition) is 17. The zero-order valence-electron chi connectivity index (χ0n) is 54.0. The molecule has 1 aliphatic carbocycles. The van der Waals surface area contributed by atoms with Gasteiger partial charge in [-0.15, -0.1) is 0 Å². The molecule has 0 fully saturated rings. The quantitative estimate of drug-likeness (QED) is 0.0248. The molecule has 29 heteroatoms. The molecule has 0 bridgehead atoms. The van der Waals surface area contributed by atoms with Crippen LogP contribution in [0.5, 0.6) is 0 Å². The molecule has 0 saturated heterocycles. The maximum Gasteiger partial charge on any atom is 0.407 e. The molecule has 2 aromatic carbocycles. The Balaban J connectivity index is 0.883. The normalized spacial score (nSPS) is 16.4. The largest absolute Gasteiger partial charge is 0.458 e. The number of cyclic esters (lactones) is 1. The number of aromatic nitrogens is 2. The Morgan fingerprint density at radius 1 is 0.809 bits per heavy atom. The number of rotatable bonds is 27. The zero-order chi connectivity index (χ0) is 68.6. The molecule has 502 valence electrons. The molecule has 4 atom stereocenters. The molecule has 3 aliphatic heterocycles. The summed E-state index contributed by atoms with van der Waals surface area (Å²) in [5.41, 5.74) is 1.85. The molecule has 0 radical (unpaired) electrons. The van der Waals surface area contributed by atoms with Crippen LogP contribution < -0.4 is 32.1 Å². The topological polar surface area (TPSA) is 355 Å². The highest BCUT2D eigenvalue weighted by Crippen LogP contribution is 2.46. The van der Waals surface area contributed by atoms with E-state index in [-0.39, 0.29) is 102 Å². The summed E-state index contributed by atoms with van der Waals surface area (Å²) >= 11 is 0. The summed E-state index contributed by atoms with van der Waals surface area (Å²) in [6.07, 6.45) is 2.79. The number of unbranched alkanes of at least 4 members (excludes halogenated alkanes) is 1. The van der Waals surface area contributed by atoms with Gasteiger partial charge in [-0.3, -0.25) is 57.6 Å². The molecular formula is C65H79FN12O16. The number of likely N-dealkylation sites (N-methyl/N-ethyl adjacent to an activating group) is 4. The van der Waals surface area contributed by atoms with E-state index in [0.29, 0.717) is 75.1 Å². The van der Waals surface area contributed by atoms with Crippen LogP contribution in [0.1, 0.15) is 118 Å². The number of amides is 11. The minimum Gasteiger partial charge on any atom is -0.458 e. The molecule has 28 nitrogen and oxygen atoms in total. The number of anilines is 1. The van der Waals surface area contributed by atoms with Crippen LogP contribution in [-0.2, 0) is 94.0 Å². The van der Waals surface area contributed by atoms with Crippen molar-refractivity contribution in [1.29, 1.82) is 0 Å². The lowest BCUT2D eigenvalue weighted by molar-refractivity contribution is -0.172. The molecule has 8 rings (SSSR count). The van der Waals surface area contributed by atoms with Crippen molar-refractivity contribution in [1.82, 2.24) is 55.3 Å². The monoisotopic (exact) mass is 1300 g/mol. The second-order valence-electron chi connectivity index (χ2n) is 24.4. The summed E-state index contributed by atoms with van der Waals surface area (Å²) in [5.74, 6) is -7.08. The summed E-state index contributed by atoms with van der Waals surface area (Å²) in [5, 5.41) is 26.1. The van der Waals surface area contributed by atoms with Crippen molar-refractivity contribution in [2.24, 2.45) is 5.92 Å². The summed E-state index contributed by atoms with van der Waals surface area (Å²) < 4.78 is 28.0. The number of aryl methyl sites for hydroxylation is 1. The first-order chi connectivity index (χ1) is 44.5. The molecule has 2 aromatic heterocycles. The van der Waals surface area contributed by atoms with E-state index in [9.17, 15) is 67.4 Å². The second-order valence-corrected chi connectivity index (χ2v) is 24.4. The SMILES string of the molecule is CC[C@@]1(O)C(=O)OCc2c1cc1n(c2=O)Cc2c-1nc1cc(F)c(C)c3c1c2[C@@H](NC(=O)OCc1ccc(NC(=O)[C@H](CCCCNC(=O)CN(C)C(=O)CN(C)C(=O)CN(C)C(=O)CN(C)C(C)=O)NC(=O)[C@@H](NC(=O)CCCN2C(=O)C=CC2=O)C(C)C)cc1)CC3. The summed E-state index contributed by atoms with van der Waals surface area (Å²) in [6, 6.07) is 6.25. The number of pyridine rings is 2. The Morgan fingerprint density at radius 2 is 1.45 bits per heavy atom. The van der Waals surface area contributed by atoms with Gasteiger partial charge in [-0.05, 0) is 98.2 Å². The number of halogens is 1. The fraction of sp³-hybridized carbons (Fsp3) is 0.477. The van der Waals surface area contributed by atoms with Gasteiger partial charge >= 0.3 is 12.1 Å². The number of alkyl carbamates (subject to hydrolysis) is 1. The van der Waals surface area contributed by atoms with Gasteiger partial charge in [0.15, 0.2) is 5.60 Å². The van der Waals surface area contributed by atoms with Gasteiger partial charge in [0.25, 0.3) is 17.4 Å². The lowest BCUT2D eigenvalue weighted by Crippen LogP contribution is -2.54. The number of carbonyl (C=O) groups excluding carboxylic acids is 12. The second kappa shape index (κ2) is 29.8. The molecule has 4 aliphatic rings. The maximum atomic E-state index is 15.5. The average molecular weight is 1300 g/mol. The van der Waals surface area contributed by atoms with Crippen LogP contribution in [0.15, 0.2) is 53.3 Å². The number of nitrogens with one attached hydrogen (secondary N) is 5. The zero-order valence-corrected chi connectivity index (χ0v) is 54.0. The van der Waals surface area contributed by atoms with Gasteiger partial charge in [0.05, 0.1) is 61.2 Å². The van der Waals surface area contributed by atoms with Crippen LogP contribution in [0.3, 0.4) is 0 Å². The number of ether oxygens (including phenoxy) is 2. The third-order valence-electron chi connectivity index (χ3n) is 17.4. The van der Waals surface area contributed by atoms with Crippen molar-refractivity contribution in [3.8, 4) is 11.4 Å². The smallest absolute Gasteiger partial charge is 0.407 e. The molecule has 0 spiro atoms. The van der Waals surface area contributed by atoms with Gasteiger partial charge < -0.3 is 65.3 Å². The van der Waals surface area contributed by atoms with Crippen molar-refractivity contribution < 1.29 is 76.5 Å². The van der Waals surface area contributed by atoms with Crippen LogP contribution in [0.4, 0.5) is 14.9 Å². The van der Waals surface area contributed by atoms with E-state index in [2.05, 4.69) is 26.6 Å².